The van der Waals surface area contributed by atoms with Gasteiger partial charge in [-0.2, -0.15) is 0 Å². The van der Waals surface area contributed by atoms with Crippen molar-refractivity contribution in [3.05, 3.63) is 0 Å². The van der Waals surface area contributed by atoms with Crippen molar-refractivity contribution in [3.63, 3.8) is 0 Å². The van der Waals surface area contributed by atoms with Crippen molar-refractivity contribution in [1.82, 2.24) is 0 Å². The average Bonchev–Trinajstić information content (AvgIpc) is 2.14. The SMILES string of the molecule is CC1COC(C(C)C)C1. The van der Waals surface area contributed by atoms with Crippen LogP contribution in [0.3, 0.4) is 0 Å². The first kappa shape index (κ1) is 7.07. The van der Waals surface area contributed by atoms with Crippen LogP contribution in [-0.2, 0) is 4.74 Å². The molecule has 0 radical (unpaired) electrons. The molecule has 1 aliphatic rings. The summed E-state index contributed by atoms with van der Waals surface area (Å²) in [6.07, 6.45) is 1.80. The molecule has 1 nitrogen and oxygen atoms in total. The molecule has 1 heterocycles. The van der Waals surface area contributed by atoms with E-state index in [1.165, 1.54) is 6.42 Å². The van der Waals surface area contributed by atoms with Crippen molar-refractivity contribution in [3.8, 4) is 0 Å². The average molecular weight is 128 g/mol. The van der Waals surface area contributed by atoms with Gasteiger partial charge in [0.25, 0.3) is 0 Å². The van der Waals surface area contributed by atoms with E-state index in [1.807, 2.05) is 0 Å². The second kappa shape index (κ2) is 2.70. The third-order valence-corrected chi connectivity index (χ3v) is 1.97. The van der Waals surface area contributed by atoms with Crippen LogP contribution in [0.2, 0.25) is 0 Å². The molecule has 0 aromatic carbocycles. The van der Waals surface area contributed by atoms with Crippen molar-refractivity contribution in [1.29, 1.82) is 0 Å². The highest BCUT2D eigenvalue weighted by Gasteiger charge is 2.23. The first-order chi connectivity index (χ1) is 4.20. The van der Waals surface area contributed by atoms with E-state index in [2.05, 4.69) is 20.8 Å². The van der Waals surface area contributed by atoms with Gasteiger partial charge in [0, 0.05) is 6.61 Å². The van der Waals surface area contributed by atoms with Crippen LogP contribution >= 0.6 is 0 Å². The highest BCUT2D eigenvalue weighted by molar-refractivity contribution is 4.72. The fourth-order valence-corrected chi connectivity index (χ4v) is 1.29. The van der Waals surface area contributed by atoms with Gasteiger partial charge < -0.3 is 4.74 Å². The van der Waals surface area contributed by atoms with E-state index in [0.29, 0.717) is 12.0 Å². The fourth-order valence-electron chi connectivity index (χ4n) is 1.29. The van der Waals surface area contributed by atoms with Crippen molar-refractivity contribution < 1.29 is 4.74 Å². The van der Waals surface area contributed by atoms with E-state index < -0.39 is 0 Å². The topological polar surface area (TPSA) is 9.23 Å². The largest absolute Gasteiger partial charge is 0.378 e. The van der Waals surface area contributed by atoms with Gasteiger partial charge in [0.15, 0.2) is 0 Å². The lowest BCUT2D eigenvalue weighted by Crippen LogP contribution is -2.12. The van der Waals surface area contributed by atoms with Gasteiger partial charge in [-0.25, -0.2) is 0 Å². The molecular formula is C8H16O. The molecule has 9 heavy (non-hydrogen) atoms. The maximum atomic E-state index is 5.53. The second-order valence-electron chi connectivity index (χ2n) is 3.46. The molecule has 0 saturated carbocycles. The standard InChI is InChI=1S/C8H16O/c1-6(2)8-4-7(3)5-9-8/h6-8H,4-5H2,1-3H3. The summed E-state index contributed by atoms with van der Waals surface area (Å²) >= 11 is 0. The summed E-state index contributed by atoms with van der Waals surface area (Å²) < 4.78 is 5.53. The molecule has 2 atom stereocenters. The molecule has 2 unspecified atom stereocenters. The van der Waals surface area contributed by atoms with Crippen LogP contribution in [0, 0.1) is 11.8 Å². The van der Waals surface area contributed by atoms with Gasteiger partial charge in [-0.05, 0) is 18.3 Å². The second-order valence-corrected chi connectivity index (χ2v) is 3.46. The predicted octanol–water partition coefficient (Wildman–Crippen LogP) is 2.07. The molecule has 0 spiro atoms. The Balaban J connectivity index is 2.30. The van der Waals surface area contributed by atoms with Crippen LogP contribution in [-0.4, -0.2) is 12.7 Å². The molecule has 0 bridgehead atoms. The quantitative estimate of drug-likeness (QED) is 0.525. The predicted molar refractivity (Wildman–Crippen MR) is 38.4 cm³/mol. The lowest BCUT2D eigenvalue weighted by atomic mass is 10.0. The molecule has 1 rings (SSSR count). The van der Waals surface area contributed by atoms with E-state index in [-0.39, 0.29) is 0 Å². The Morgan fingerprint density at radius 3 is 2.33 bits per heavy atom. The highest BCUT2D eigenvalue weighted by atomic mass is 16.5. The van der Waals surface area contributed by atoms with Crippen molar-refractivity contribution in [2.45, 2.75) is 33.3 Å². The Hall–Kier alpha value is -0.0400. The van der Waals surface area contributed by atoms with E-state index in [4.69, 9.17) is 4.74 Å². The summed E-state index contributed by atoms with van der Waals surface area (Å²) in [5, 5.41) is 0. The van der Waals surface area contributed by atoms with Crippen LogP contribution in [0.5, 0.6) is 0 Å². The zero-order chi connectivity index (χ0) is 6.85. The third kappa shape index (κ3) is 1.68. The maximum Gasteiger partial charge on any atom is 0.0601 e. The van der Waals surface area contributed by atoms with Crippen LogP contribution in [0.15, 0.2) is 0 Å². The summed E-state index contributed by atoms with van der Waals surface area (Å²) in [7, 11) is 0. The monoisotopic (exact) mass is 128 g/mol. The van der Waals surface area contributed by atoms with Crippen molar-refractivity contribution >= 4 is 0 Å². The Morgan fingerprint density at radius 2 is 2.11 bits per heavy atom. The zero-order valence-electron chi connectivity index (χ0n) is 6.55. The van der Waals surface area contributed by atoms with Gasteiger partial charge >= 0.3 is 0 Å². The third-order valence-electron chi connectivity index (χ3n) is 1.97. The maximum absolute atomic E-state index is 5.53. The number of ether oxygens (including phenoxy) is 1. The highest BCUT2D eigenvalue weighted by Crippen LogP contribution is 2.23. The van der Waals surface area contributed by atoms with E-state index in [9.17, 15) is 0 Å². The molecule has 1 heteroatoms. The van der Waals surface area contributed by atoms with Crippen LogP contribution in [0.4, 0.5) is 0 Å². The molecule has 1 fully saturated rings. The lowest BCUT2D eigenvalue weighted by Gasteiger charge is -2.12. The molecule has 0 aromatic rings. The Labute approximate surface area is 57.4 Å². The summed E-state index contributed by atoms with van der Waals surface area (Å²) in [6, 6.07) is 0. The first-order valence-electron chi connectivity index (χ1n) is 3.81. The van der Waals surface area contributed by atoms with Gasteiger partial charge in [-0.15, -0.1) is 0 Å². The normalized spacial score (nSPS) is 36.0. The van der Waals surface area contributed by atoms with Gasteiger partial charge in [0.1, 0.15) is 0 Å². The number of hydrogen-bond donors (Lipinski definition) is 0. The summed E-state index contributed by atoms with van der Waals surface area (Å²) in [5.41, 5.74) is 0. The molecular weight excluding hydrogens is 112 g/mol. The zero-order valence-corrected chi connectivity index (χ0v) is 6.55. The number of hydrogen-bond acceptors (Lipinski definition) is 1. The van der Waals surface area contributed by atoms with Crippen molar-refractivity contribution in [2.24, 2.45) is 11.8 Å². The Bertz CT molecular complexity index is 88.6. The van der Waals surface area contributed by atoms with E-state index >= 15 is 0 Å². The molecule has 54 valence electrons. The summed E-state index contributed by atoms with van der Waals surface area (Å²) in [4.78, 5) is 0. The Kier molecular flexibility index (Phi) is 2.12. The first-order valence-corrected chi connectivity index (χ1v) is 3.81. The fraction of sp³-hybridized carbons (Fsp3) is 1.00. The van der Waals surface area contributed by atoms with Crippen LogP contribution in [0.1, 0.15) is 27.2 Å². The smallest absolute Gasteiger partial charge is 0.0601 e. The molecule has 0 aromatic heterocycles. The summed E-state index contributed by atoms with van der Waals surface area (Å²) in [5.74, 6) is 1.49. The minimum Gasteiger partial charge on any atom is -0.378 e. The van der Waals surface area contributed by atoms with Crippen molar-refractivity contribution in [2.75, 3.05) is 6.61 Å². The van der Waals surface area contributed by atoms with Crippen LogP contribution in [0.25, 0.3) is 0 Å². The number of rotatable bonds is 1. The molecule has 0 amide bonds. The molecule has 0 N–H and O–H groups in total. The van der Waals surface area contributed by atoms with Gasteiger partial charge in [0.05, 0.1) is 6.10 Å². The molecule has 0 aliphatic carbocycles. The lowest BCUT2D eigenvalue weighted by molar-refractivity contribution is 0.0736. The molecule has 1 aliphatic heterocycles. The summed E-state index contributed by atoms with van der Waals surface area (Å²) in [6.45, 7) is 7.68. The minimum absolute atomic E-state index is 0.542. The van der Waals surface area contributed by atoms with Gasteiger partial charge in [-0.1, -0.05) is 20.8 Å². The van der Waals surface area contributed by atoms with Crippen LogP contribution < -0.4 is 0 Å². The minimum atomic E-state index is 0.542. The van der Waals surface area contributed by atoms with Gasteiger partial charge in [0.2, 0.25) is 0 Å². The van der Waals surface area contributed by atoms with E-state index in [0.717, 1.165) is 12.5 Å². The van der Waals surface area contributed by atoms with Gasteiger partial charge in [-0.3, -0.25) is 0 Å². The Morgan fingerprint density at radius 1 is 1.44 bits per heavy atom. The molecule has 1 saturated heterocycles. The van der Waals surface area contributed by atoms with E-state index in [1.54, 1.807) is 0 Å².